The normalized spacial score (nSPS) is 16.6. The molecule has 0 amide bonds. The quantitative estimate of drug-likeness (QED) is 0.143. The average molecular weight is 849 g/mol. The fourth-order valence-corrected chi connectivity index (χ4v) is 29.7. The van der Waals surface area contributed by atoms with Gasteiger partial charge in [-0.05, 0) is 70.7 Å². The minimum Gasteiger partial charge on any atom is -0.409 e. The minimum absolute atomic E-state index is 1.04. The van der Waals surface area contributed by atoms with Crippen LogP contribution in [-0.4, -0.2) is 34.2 Å². The van der Waals surface area contributed by atoms with Gasteiger partial charge in [-0.1, -0.05) is 218 Å². The fraction of sp³-hybridized carbons (Fsp3) is 0.0769. The van der Waals surface area contributed by atoms with Gasteiger partial charge >= 0.3 is 34.2 Å². The Hall–Kier alpha value is -5.53. The third kappa shape index (κ3) is 7.69. The fourth-order valence-electron chi connectivity index (χ4n) is 8.76. The molecule has 8 heteroatoms. The number of benzene rings is 8. The first-order valence-corrected chi connectivity index (χ1v) is 29.9. The van der Waals surface area contributed by atoms with Gasteiger partial charge in [0.1, 0.15) is 0 Å². The van der Waals surface area contributed by atoms with E-state index in [1.165, 1.54) is 0 Å². The molecule has 0 aliphatic carbocycles. The highest BCUT2D eigenvalue weighted by Gasteiger charge is 2.62. The van der Waals surface area contributed by atoms with Gasteiger partial charge in [0.15, 0.2) is 0 Å². The van der Waals surface area contributed by atoms with Crippen LogP contribution in [0.3, 0.4) is 0 Å². The van der Waals surface area contributed by atoms with Crippen LogP contribution in [0.15, 0.2) is 218 Å². The molecule has 0 saturated carbocycles. The minimum atomic E-state index is -3.77. The standard InChI is InChI=1S/C52H48O4Si4/c1-57(2)53-59(49-37-21-17-33-45(49)41-25-9-5-10-26-41,50-38-22-18-34-46(50)42-27-11-6-12-28-42)55-58(3,4)56-60(54-57,51-39-23-19-35-47(51)43-29-13-7-14-30-43)52-40-24-20-36-48(52)44-31-15-8-16-32-44/h5-40H,1-4H3. The van der Waals surface area contributed by atoms with Crippen molar-refractivity contribution in [1.82, 2.24) is 0 Å². The third-order valence-electron chi connectivity index (χ3n) is 11.0. The summed E-state index contributed by atoms with van der Waals surface area (Å²) in [6.07, 6.45) is 0. The SMILES string of the molecule is C[Si]1(C)O[Si](c2ccccc2-c2ccccc2)(c2ccccc2-c2ccccc2)O[Si](C)(C)O[Si](c2ccccc2-c2ccccc2)(c2ccccc2-c2ccccc2)O1. The molecule has 1 aliphatic rings. The van der Waals surface area contributed by atoms with Gasteiger partial charge in [0.25, 0.3) is 0 Å². The molecular formula is C52H48O4Si4. The van der Waals surface area contributed by atoms with Gasteiger partial charge in [-0.25, -0.2) is 0 Å². The van der Waals surface area contributed by atoms with Crippen LogP contribution in [0.1, 0.15) is 0 Å². The Morgan fingerprint density at radius 2 is 0.417 bits per heavy atom. The van der Waals surface area contributed by atoms with Crippen molar-refractivity contribution in [1.29, 1.82) is 0 Å². The number of hydrogen-bond acceptors (Lipinski definition) is 4. The zero-order valence-corrected chi connectivity index (χ0v) is 38.4. The maximum atomic E-state index is 8.11. The third-order valence-corrected chi connectivity index (χ3v) is 28.1. The second-order valence-electron chi connectivity index (χ2n) is 16.1. The van der Waals surface area contributed by atoms with Gasteiger partial charge < -0.3 is 16.5 Å². The van der Waals surface area contributed by atoms with E-state index in [4.69, 9.17) is 16.5 Å². The van der Waals surface area contributed by atoms with E-state index in [1.54, 1.807) is 0 Å². The number of rotatable bonds is 8. The highest BCUT2D eigenvalue weighted by Crippen LogP contribution is 2.37. The Balaban J connectivity index is 1.34. The van der Waals surface area contributed by atoms with Crippen LogP contribution in [0, 0.1) is 0 Å². The lowest BCUT2D eigenvalue weighted by atomic mass is 10.1. The Kier molecular flexibility index (Phi) is 11.0. The Morgan fingerprint density at radius 3 is 0.633 bits per heavy atom. The van der Waals surface area contributed by atoms with Crippen molar-refractivity contribution in [2.75, 3.05) is 0 Å². The van der Waals surface area contributed by atoms with Crippen molar-refractivity contribution in [2.45, 2.75) is 26.2 Å². The summed E-state index contributed by atoms with van der Waals surface area (Å²) < 4.78 is 32.4. The van der Waals surface area contributed by atoms with E-state index >= 15 is 0 Å². The van der Waals surface area contributed by atoms with E-state index in [-0.39, 0.29) is 0 Å². The van der Waals surface area contributed by atoms with Gasteiger partial charge in [0.05, 0.1) is 0 Å². The molecule has 0 N–H and O–H groups in total. The van der Waals surface area contributed by atoms with Crippen LogP contribution in [0.25, 0.3) is 44.5 Å². The lowest BCUT2D eigenvalue weighted by molar-refractivity contribution is 0.253. The number of hydrogen-bond donors (Lipinski definition) is 0. The van der Waals surface area contributed by atoms with Gasteiger partial charge in [-0.3, -0.25) is 0 Å². The van der Waals surface area contributed by atoms with Crippen LogP contribution < -0.4 is 20.7 Å². The lowest BCUT2D eigenvalue weighted by Crippen LogP contribution is -2.80. The van der Waals surface area contributed by atoms with Gasteiger partial charge in [0, 0.05) is 20.7 Å². The predicted molar refractivity (Wildman–Crippen MR) is 257 cm³/mol. The first kappa shape index (κ1) is 39.9. The highest BCUT2D eigenvalue weighted by molar-refractivity contribution is 7.09. The molecule has 0 bridgehead atoms. The molecule has 0 unspecified atom stereocenters. The first-order valence-electron chi connectivity index (χ1n) is 20.6. The van der Waals surface area contributed by atoms with Crippen LogP contribution in [-0.2, 0) is 16.5 Å². The summed E-state index contributed by atoms with van der Waals surface area (Å²) in [5.41, 5.74) is 8.72. The molecule has 9 rings (SSSR count). The summed E-state index contributed by atoms with van der Waals surface area (Å²) in [6, 6.07) is 76.9. The lowest BCUT2D eigenvalue weighted by Gasteiger charge is -2.51. The summed E-state index contributed by atoms with van der Waals surface area (Å²) in [6.45, 7) is 8.76. The molecule has 1 saturated heterocycles. The van der Waals surface area contributed by atoms with E-state index < -0.39 is 34.2 Å². The zero-order chi connectivity index (χ0) is 41.2. The summed E-state index contributed by atoms with van der Waals surface area (Å²) in [5, 5.41) is 4.15. The molecule has 0 atom stereocenters. The topological polar surface area (TPSA) is 36.9 Å². The van der Waals surface area contributed by atoms with E-state index in [1.807, 2.05) is 0 Å². The monoisotopic (exact) mass is 848 g/mol. The second kappa shape index (κ2) is 16.5. The second-order valence-corrected chi connectivity index (χ2v) is 29.6. The molecule has 0 spiro atoms. The van der Waals surface area contributed by atoms with E-state index in [0.29, 0.717) is 0 Å². The molecule has 4 nitrogen and oxygen atoms in total. The van der Waals surface area contributed by atoms with Gasteiger partial charge in [0.2, 0.25) is 0 Å². The van der Waals surface area contributed by atoms with Crippen molar-refractivity contribution in [3.63, 3.8) is 0 Å². The van der Waals surface area contributed by atoms with Crippen molar-refractivity contribution >= 4 is 55.0 Å². The summed E-state index contributed by atoms with van der Waals surface area (Å²) in [4.78, 5) is 0. The molecule has 8 aromatic rings. The van der Waals surface area contributed by atoms with Crippen LogP contribution in [0.5, 0.6) is 0 Å². The van der Waals surface area contributed by atoms with Crippen LogP contribution in [0.2, 0.25) is 26.2 Å². The van der Waals surface area contributed by atoms with Gasteiger partial charge in [-0.2, -0.15) is 0 Å². The van der Waals surface area contributed by atoms with E-state index in [9.17, 15) is 0 Å². The van der Waals surface area contributed by atoms with E-state index in [2.05, 4.69) is 245 Å². The van der Waals surface area contributed by atoms with Crippen molar-refractivity contribution in [3.05, 3.63) is 218 Å². The Labute approximate surface area is 358 Å². The molecule has 8 aromatic carbocycles. The average Bonchev–Trinajstić information content (AvgIpc) is 3.29. The first-order chi connectivity index (χ1) is 29.2. The largest absolute Gasteiger partial charge is 0.409 e. The summed E-state index contributed by atoms with van der Waals surface area (Å²) >= 11 is 0. The molecule has 60 heavy (non-hydrogen) atoms. The molecule has 296 valence electrons. The summed E-state index contributed by atoms with van der Waals surface area (Å²) in [7, 11) is -14.2. The van der Waals surface area contributed by atoms with Crippen molar-refractivity contribution < 1.29 is 16.5 Å². The predicted octanol–water partition coefficient (Wildman–Crippen LogP) is 10.7. The Morgan fingerprint density at radius 1 is 0.233 bits per heavy atom. The van der Waals surface area contributed by atoms with Crippen LogP contribution in [0.4, 0.5) is 0 Å². The molecule has 1 aliphatic heterocycles. The van der Waals surface area contributed by atoms with Crippen LogP contribution >= 0.6 is 0 Å². The highest BCUT2D eigenvalue weighted by atomic mass is 28.5. The maximum Gasteiger partial charge on any atom is 0.390 e. The maximum absolute atomic E-state index is 8.11. The van der Waals surface area contributed by atoms with Crippen molar-refractivity contribution in [3.8, 4) is 44.5 Å². The molecule has 0 radical (unpaired) electrons. The molecular weight excluding hydrogens is 801 g/mol. The van der Waals surface area contributed by atoms with Crippen molar-refractivity contribution in [2.24, 2.45) is 0 Å². The zero-order valence-electron chi connectivity index (χ0n) is 34.4. The summed E-state index contributed by atoms with van der Waals surface area (Å²) in [5.74, 6) is 0. The Bertz CT molecular complexity index is 2350. The van der Waals surface area contributed by atoms with Gasteiger partial charge in [-0.15, -0.1) is 0 Å². The smallest absolute Gasteiger partial charge is 0.390 e. The molecule has 1 heterocycles. The molecule has 0 aromatic heterocycles. The van der Waals surface area contributed by atoms with E-state index in [0.717, 1.165) is 65.3 Å². The molecule has 1 fully saturated rings.